The van der Waals surface area contributed by atoms with Crippen LogP contribution in [0.4, 0.5) is 10.1 Å². The fraction of sp³-hybridized carbons (Fsp3) is 0.389. The molecule has 0 bridgehead atoms. The van der Waals surface area contributed by atoms with E-state index in [0.717, 1.165) is 12.8 Å². The number of carbonyl (C=O) groups is 1. The van der Waals surface area contributed by atoms with Crippen molar-refractivity contribution in [1.82, 2.24) is 8.87 Å². The van der Waals surface area contributed by atoms with Crippen LogP contribution < -0.4 is 5.32 Å². The molecular weight excluding hydrogens is 437 g/mol. The number of piperidine rings is 1. The third kappa shape index (κ3) is 4.25. The predicted molar refractivity (Wildman–Crippen MR) is 105 cm³/mol. The number of amides is 1. The van der Waals surface area contributed by atoms with E-state index in [1.165, 1.54) is 33.3 Å². The number of halogens is 2. The molecule has 1 saturated heterocycles. The summed E-state index contributed by atoms with van der Waals surface area (Å²) in [6.45, 7) is 2.98. The number of rotatable bonds is 4. The molecule has 1 aromatic heterocycles. The number of aryl methyl sites for hydroxylation is 1. The van der Waals surface area contributed by atoms with E-state index in [0.29, 0.717) is 23.5 Å². The molecule has 0 aliphatic carbocycles. The summed E-state index contributed by atoms with van der Waals surface area (Å²) in [5, 5.41) is 2.48. The Balaban J connectivity index is 1.84. The summed E-state index contributed by atoms with van der Waals surface area (Å²) in [6.07, 6.45) is 3.25. The lowest BCUT2D eigenvalue weighted by molar-refractivity contribution is 0.101. The summed E-state index contributed by atoms with van der Waals surface area (Å²) in [7, 11) is -2.08. The topological polar surface area (TPSA) is 71.4 Å². The van der Waals surface area contributed by atoms with Gasteiger partial charge in [-0.05, 0) is 43.0 Å². The number of anilines is 1. The Morgan fingerprint density at radius 2 is 2.07 bits per heavy atom. The SMILES string of the molecule is C[C@H]1CCCN(S(=O)(=O)c2cc(C(=O)Nc3ccc(Br)cc3F)n(C)c2)C1. The first-order chi connectivity index (χ1) is 12.7. The van der Waals surface area contributed by atoms with Crippen molar-refractivity contribution < 1.29 is 17.6 Å². The number of hydrogen-bond acceptors (Lipinski definition) is 3. The Kier molecular flexibility index (Phi) is 5.73. The molecule has 0 radical (unpaired) electrons. The molecule has 1 aromatic carbocycles. The highest BCUT2D eigenvalue weighted by Crippen LogP contribution is 2.25. The van der Waals surface area contributed by atoms with Gasteiger partial charge in [0, 0.05) is 30.8 Å². The molecule has 1 aliphatic heterocycles. The minimum absolute atomic E-state index is 0.0265. The van der Waals surface area contributed by atoms with Crippen LogP contribution in [0, 0.1) is 11.7 Å². The average Bonchev–Trinajstić information content (AvgIpc) is 3.00. The second-order valence-corrected chi connectivity index (χ2v) is 9.71. The van der Waals surface area contributed by atoms with Crippen LogP contribution in [0.1, 0.15) is 30.3 Å². The second-order valence-electron chi connectivity index (χ2n) is 6.86. The summed E-state index contributed by atoms with van der Waals surface area (Å²) in [5.41, 5.74) is 0.166. The standard InChI is InChI=1S/C18H21BrFN3O3S/c1-12-4-3-7-23(10-12)27(25,26)14-9-17(22(2)11-14)18(24)21-16-6-5-13(19)8-15(16)20/h5-6,8-9,11-12H,3-4,7,10H2,1-2H3,(H,21,24)/t12-/m0/s1. The molecule has 2 aromatic rings. The van der Waals surface area contributed by atoms with Gasteiger partial charge in [-0.3, -0.25) is 4.79 Å². The zero-order valence-corrected chi connectivity index (χ0v) is 17.5. The molecule has 2 heterocycles. The first kappa shape index (κ1) is 20.0. The number of benzene rings is 1. The lowest BCUT2D eigenvalue weighted by atomic mass is 10.0. The fourth-order valence-corrected chi connectivity index (χ4v) is 5.20. The maximum atomic E-state index is 13.9. The highest BCUT2D eigenvalue weighted by molar-refractivity contribution is 9.10. The molecule has 146 valence electrons. The van der Waals surface area contributed by atoms with Crippen molar-refractivity contribution in [3.05, 3.63) is 46.4 Å². The van der Waals surface area contributed by atoms with Crippen molar-refractivity contribution in [2.75, 3.05) is 18.4 Å². The fourth-order valence-electron chi connectivity index (χ4n) is 3.19. The molecule has 6 nitrogen and oxygen atoms in total. The molecule has 0 spiro atoms. The summed E-state index contributed by atoms with van der Waals surface area (Å²) in [4.78, 5) is 12.6. The number of nitrogens with one attached hydrogen (secondary N) is 1. The summed E-state index contributed by atoms with van der Waals surface area (Å²) < 4.78 is 43.2. The highest BCUT2D eigenvalue weighted by Gasteiger charge is 2.30. The van der Waals surface area contributed by atoms with Crippen molar-refractivity contribution in [3.8, 4) is 0 Å². The van der Waals surface area contributed by atoms with Gasteiger partial charge in [-0.1, -0.05) is 22.9 Å². The minimum atomic E-state index is -3.66. The second kappa shape index (κ2) is 7.73. The van der Waals surface area contributed by atoms with Gasteiger partial charge in [0.1, 0.15) is 16.4 Å². The van der Waals surface area contributed by atoms with Gasteiger partial charge in [-0.15, -0.1) is 0 Å². The highest BCUT2D eigenvalue weighted by atomic mass is 79.9. The van der Waals surface area contributed by atoms with E-state index in [4.69, 9.17) is 0 Å². The van der Waals surface area contributed by atoms with Crippen molar-refractivity contribution in [2.45, 2.75) is 24.7 Å². The van der Waals surface area contributed by atoms with Gasteiger partial charge in [-0.25, -0.2) is 12.8 Å². The Labute approximate surface area is 166 Å². The molecule has 1 fully saturated rings. The van der Waals surface area contributed by atoms with Crippen LogP contribution in [0.15, 0.2) is 39.8 Å². The van der Waals surface area contributed by atoms with Crippen molar-refractivity contribution >= 4 is 37.5 Å². The Morgan fingerprint density at radius 1 is 1.33 bits per heavy atom. The molecule has 1 N–H and O–H groups in total. The minimum Gasteiger partial charge on any atom is -0.345 e. The molecule has 9 heteroatoms. The Morgan fingerprint density at radius 3 is 2.74 bits per heavy atom. The van der Waals surface area contributed by atoms with Crippen LogP contribution in [0.2, 0.25) is 0 Å². The third-order valence-corrected chi connectivity index (χ3v) is 6.97. The summed E-state index contributed by atoms with van der Waals surface area (Å²) >= 11 is 3.16. The molecule has 3 rings (SSSR count). The van der Waals surface area contributed by atoms with Gasteiger partial charge in [-0.2, -0.15) is 4.31 Å². The molecule has 1 atom stereocenters. The lowest BCUT2D eigenvalue weighted by Gasteiger charge is -2.29. The van der Waals surface area contributed by atoms with Crippen molar-refractivity contribution in [1.29, 1.82) is 0 Å². The van der Waals surface area contributed by atoms with Crippen LogP contribution in [-0.2, 0) is 17.1 Å². The maximum Gasteiger partial charge on any atom is 0.272 e. The van der Waals surface area contributed by atoms with E-state index in [9.17, 15) is 17.6 Å². The maximum absolute atomic E-state index is 13.9. The van der Waals surface area contributed by atoms with Crippen molar-refractivity contribution in [3.63, 3.8) is 0 Å². The molecule has 27 heavy (non-hydrogen) atoms. The van der Waals surface area contributed by atoms with E-state index >= 15 is 0 Å². The normalized spacial score (nSPS) is 18.4. The van der Waals surface area contributed by atoms with E-state index in [1.54, 1.807) is 13.1 Å². The van der Waals surface area contributed by atoms with Crippen LogP contribution in [0.3, 0.4) is 0 Å². The lowest BCUT2D eigenvalue weighted by Crippen LogP contribution is -2.38. The molecule has 1 aliphatic rings. The zero-order valence-electron chi connectivity index (χ0n) is 15.1. The smallest absolute Gasteiger partial charge is 0.272 e. The van der Waals surface area contributed by atoms with Gasteiger partial charge >= 0.3 is 0 Å². The van der Waals surface area contributed by atoms with Crippen LogP contribution >= 0.6 is 15.9 Å². The van der Waals surface area contributed by atoms with E-state index in [1.807, 2.05) is 6.92 Å². The van der Waals surface area contributed by atoms with Crippen LogP contribution in [0.25, 0.3) is 0 Å². The third-order valence-electron chi connectivity index (χ3n) is 4.65. The van der Waals surface area contributed by atoms with Gasteiger partial charge in [0.25, 0.3) is 5.91 Å². The molecule has 0 unspecified atom stereocenters. The monoisotopic (exact) mass is 457 g/mol. The molecule has 0 saturated carbocycles. The first-order valence-electron chi connectivity index (χ1n) is 8.61. The van der Waals surface area contributed by atoms with E-state index in [2.05, 4.69) is 21.2 Å². The summed E-state index contributed by atoms with van der Waals surface area (Å²) in [6, 6.07) is 5.62. The number of sulfonamides is 1. The van der Waals surface area contributed by atoms with Gasteiger partial charge in [0.05, 0.1) is 5.69 Å². The van der Waals surface area contributed by atoms with E-state index in [-0.39, 0.29) is 16.3 Å². The predicted octanol–water partition coefficient (Wildman–Crippen LogP) is 3.60. The number of nitrogens with zero attached hydrogens (tertiary/aromatic N) is 2. The quantitative estimate of drug-likeness (QED) is 0.761. The molecule has 1 amide bonds. The van der Waals surface area contributed by atoms with Gasteiger partial charge in [0.2, 0.25) is 10.0 Å². The number of aromatic nitrogens is 1. The number of hydrogen-bond donors (Lipinski definition) is 1. The van der Waals surface area contributed by atoms with Gasteiger partial charge in [0.15, 0.2) is 0 Å². The summed E-state index contributed by atoms with van der Waals surface area (Å²) in [5.74, 6) is -0.852. The molecular formula is C18H21BrFN3O3S. The Bertz CT molecular complexity index is 974. The Hall–Kier alpha value is -1.71. The first-order valence-corrected chi connectivity index (χ1v) is 10.8. The van der Waals surface area contributed by atoms with E-state index < -0.39 is 21.7 Å². The van der Waals surface area contributed by atoms with Crippen molar-refractivity contribution in [2.24, 2.45) is 13.0 Å². The average molecular weight is 458 g/mol. The van der Waals surface area contributed by atoms with Crippen LogP contribution in [-0.4, -0.2) is 36.3 Å². The number of carbonyl (C=O) groups excluding carboxylic acids is 1. The largest absolute Gasteiger partial charge is 0.345 e. The zero-order chi connectivity index (χ0) is 19.8. The van der Waals surface area contributed by atoms with Gasteiger partial charge < -0.3 is 9.88 Å². The van der Waals surface area contributed by atoms with Crippen LogP contribution in [0.5, 0.6) is 0 Å².